The molecule has 2 N–H and O–H groups in total. The van der Waals surface area contributed by atoms with Crippen molar-refractivity contribution in [3.05, 3.63) is 12.2 Å². The van der Waals surface area contributed by atoms with Crippen LogP contribution in [0.15, 0.2) is 12.2 Å². The molecule has 0 saturated carbocycles. The van der Waals surface area contributed by atoms with Gasteiger partial charge in [-0.05, 0) is 19.3 Å². The van der Waals surface area contributed by atoms with Crippen LogP contribution in [-0.2, 0) is 9.59 Å². The van der Waals surface area contributed by atoms with Crippen LogP contribution in [0.3, 0.4) is 0 Å². The Balaban J connectivity index is 3.64. The topological polar surface area (TPSA) is 74.6 Å². The van der Waals surface area contributed by atoms with Gasteiger partial charge in [-0.2, -0.15) is 0 Å². The van der Waals surface area contributed by atoms with E-state index < -0.39 is 17.9 Å². The van der Waals surface area contributed by atoms with Gasteiger partial charge in [-0.25, -0.2) is 0 Å². The summed E-state index contributed by atoms with van der Waals surface area (Å²) in [5, 5.41) is 17.3. The second-order valence-electron chi connectivity index (χ2n) is 4.14. The molecule has 0 bridgehead atoms. The van der Waals surface area contributed by atoms with E-state index in [4.69, 9.17) is 10.2 Å². The molecule has 0 spiro atoms. The number of unbranched alkanes of at least 4 members (excludes halogenated alkanes) is 5. The molecule has 17 heavy (non-hydrogen) atoms. The van der Waals surface area contributed by atoms with Crippen LogP contribution in [-0.4, -0.2) is 22.2 Å². The van der Waals surface area contributed by atoms with Crippen LogP contribution in [0.2, 0.25) is 0 Å². The lowest BCUT2D eigenvalue weighted by Gasteiger charge is -2.02. The van der Waals surface area contributed by atoms with Gasteiger partial charge >= 0.3 is 11.9 Å². The fraction of sp³-hybridized carbons (Fsp3) is 0.692. The summed E-state index contributed by atoms with van der Waals surface area (Å²) in [6.07, 6.45) is 10.5. The molecule has 0 aromatic carbocycles. The highest BCUT2D eigenvalue weighted by atomic mass is 16.4. The first kappa shape index (κ1) is 15.7. The molecule has 0 unspecified atom stereocenters. The number of rotatable bonds is 10. The van der Waals surface area contributed by atoms with Crippen LogP contribution < -0.4 is 0 Å². The average molecular weight is 242 g/mol. The first-order valence-electron chi connectivity index (χ1n) is 6.20. The maximum absolute atomic E-state index is 10.6. The number of hydrogen-bond acceptors (Lipinski definition) is 2. The van der Waals surface area contributed by atoms with E-state index in [1.54, 1.807) is 6.08 Å². The van der Waals surface area contributed by atoms with E-state index in [0.717, 1.165) is 12.8 Å². The van der Waals surface area contributed by atoms with Gasteiger partial charge in [0, 0.05) is 0 Å². The van der Waals surface area contributed by atoms with E-state index in [1.165, 1.54) is 25.7 Å². The minimum Gasteiger partial charge on any atom is -0.481 e. The molecule has 4 heteroatoms. The Kier molecular flexibility index (Phi) is 9.11. The molecule has 0 saturated heterocycles. The van der Waals surface area contributed by atoms with Crippen LogP contribution in [0.4, 0.5) is 0 Å². The molecule has 0 aliphatic rings. The molecule has 4 nitrogen and oxygen atoms in total. The van der Waals surface area contributed by atoms with Gasteiger partial charge in [-0.3, -0.25) is 9.59 Å². The van der Waals surface area contributed by atoms with Gasteiger partial charge in [0.2, 0.25) is 0 Å². The van der Waals surface area contributed by atoms with Crippen molar-refractivity contribution >= 4 is 11.9 Å². The van der Waals surface area contributed by atoms with E-state index in [-0.39, 0.29) is 6.42 Å². The predicted octanol–water partition coefficient (Wildman–Crippen LogP) is 3.08. The Morgan fingerprint density at radius 3 is 2.12 bits per heavy atom. The van der Waals surface area contributed by atoms with Crippen molar-refractivity contribution in [3.63, 3.8) is 0 Å². The first-order valence-corrected chi connectivity index (χ1v) is 6.20. The van der Waals surface area contributed by atoms with Crippen molar-refractivity contribution in [1.29, 1.82) is 0 Å². The summed E-state index contributed by atoms with van der Waals surface area (Å²) in [5.74, 6) is -3.86. The third-order valence-corrected chi connectivity index (χ3v) is 2.61. The predicted molar refractivity (Wildman–Crippen MR) is 65.9 cm³/mol. The number of aliphatic carboxylic acids is 2. The molecule has 98 valence electrons. The highest BCUT2D eigenvalue weighted by molar-refractivity contribution is 5.92. The summed E-state index contributed by atoms with van der Waals surface area (Å²) in [5.41, 5.74) is 0. The smallest absolute Gasteiger partial charge is 0.318 e. The molecule has 0 aliphatic heterocycles. The molecule has 0 radical (unpaired) electrons. The zero-order chi connectivity index (χ0) is 13.1. The first-order chi connectivity index (χ1) is 8.09. The number of carbonyl (C=O) groups is 2. The van der Waals surface area contributed by atoms with Crippen LogP contribution in [0, 0.1) is 5.92 Å². The summed E-state index contributed by atoms with van der Waals surface area (Å²) >= 11 is 0. The van der Waals surface area contributed by atoms with Gasteiger partial charge in [-0.1, -0.05) is 44.8 Å². The minimum atomic E-state index is -1.31. The second-order valence-corrected chi connectivity index (χ2v) is 4.14. The molecule has 0 aromatic heterocycles. The van der Waals surface area contributed by atoms with Gasteiger partial charge in [0.25, 0.3) is 0 Å². The lowest BCUT2D eigenvalue weighted by Crippen LogP contribution is -2.22. The highest BCUT2D eigenvalue weighted by Gasteiger charge is 2.23. The molecule has 0 rings (SSSR count). The molecular weight excluding hydrogens is 220 g/mol. The fourth-order valence-corrected chi connectivity index (χ4v) is 1.52. The van der Waals surface area contributed by atoms with Gasteiger partial charge in [-0.15, -0.1) is 0 Å². The lowest BCUT2D eigenvalue weighted by atomic mass is 10.1. The van der Waals surface area contributed by atoms with E-state index in [2.05, 4.69) is 6.92 Å². The van der Waals surface area contributed by atoms with Crippen LogP contribution in [0.25, 0.3) is 0 Å². The number of carboxylic acid groups (broad SMARTS) is 2. The summed E-state index contributed by atoms with van der Waals surface area (Å²) in [7, 11) is 0. The Morgan fingerprint density at radius 1 is 1.00 bits per heavy atom. The Bertz CT molecular complexity index is 244. The quantitative estimate of drug-likeness (QED) is 0.351. The van der Waals surface area contributed by atoms with E-state index in [0.29, 0.717) is 0 Å². The van der Waals surface area contributed by atoms with Gasteiger partial charge < -0.3 is 10.2 Å². The Morgan fingerprint density at radius 2 is 1.59 bits per heavy atom. The molecule has 0 aliphatic carbocycles. The van der Waals surface area contributed by atoms with Crippen molar-refractivity contribution in [2.45, 2.75) is 51.9 Å². The molecule has 0 amide bonds. The third kappa shape index (κ3) is 8.48. The minimum absolute atomic E-state index is 0.0691. The van der Waals surface area contributed by atoms with Crippen molar-refractivity contribution < 1.29 is 19.8 Å². The zero-order valence-corrected chi connectivity index (χ0v) is 10.4. The van der Waals surface area contributed by atoms with Gasteiger partial charge in [0.15, 0.2) is 5.92 Å². The SMILES string of the molecule is CCCCCCC/C=C\CC(C(=O)O)C(=O)O. The zero-order valence-electron chi connectivity index (χ0n) is 10.4. The van der Waals surface area contributed by atoms with E-state index in [9.17, 15) is 9.59 Å². The monoisotopic (exact) mass is 242 g/mol. The van der Waals surface area contributed by atoms with Crippen molar-refractivity contribution in [2.24, 2.45) is 5.92 Å². The molecular formula is C13H22O4. The summed E-state index contributed by atoms with van der Waals surface area (Å²) < 4.78 is 0. The maximum atomic E-state index is 10.6. The van der Waals surface area contributed by atoms with Gasteiger partial charge in [0.1, 0.15) is 0 Å². The maximum Gasteiger partial charge on any atom is 0.318 e. The third-order valence-electron chi connectivity index (χ3n) is 2.61. The largest absolute Gasteiger partial charge is 0.481 e. The fourth-order valence-electron chi connectivity index (χ4n) is 1.52. The second kappa shape index (κ2) is 9.87. The average Bonchev–Trinajstić information content (AvgIpc) is 2.26. The van der Waals surface area contributed by atoms with E-state index >= 15 is 0 Å². The van der Waals surface area contributed by atoms with Crippen LogP contribution >= 0.6 is 0 Å². The molecule has 0 atom stereocenters. The summed E-state index contributed by atoms with van der Waals surface area (Å²) in [6.45, 7) is 2.16. The normalized spacial score (nSPS) is 11.2. The van der Waals surface area contributed by atoms with Crippen molar-refractivity contribution in [3.8, 4) is 0 Å². The molecule has 0 aromatic rings. The Labute approximate surface area is 102 Å². The van der Waals surface area contributed by atoms with Crippen LogP contribution in [0.5, 0.6) is 0 Å². The number of hydrogen-bond donors (Lipinski definition) is 2. The van der Waals surface area contributed by atoms with Crippen molar-refractivity contribution in [2.75, 3.05) is 0 Å². The highest BCUT2D eigenvalue weighted by Crippen LogP contribution is 2.08. The standard InChI is InChI=1S/C13H22O4/c1-2-3-4-5-6-7-8-9-10-11(12(14)15)13(16)17/h8-9,11H,2-7,10H2,1H3,(H,14,15)(H,16,17)/b9-8-. The number of carboxylic acids is 2. The summed E-state index contributed by atoms with van der Waals surface area (Å²) in [6, 6.07) is 0. The van der Waals surface area contributed by atoms with Crippen molar-refractivity contribution in [1.82, 2.24) is 0 Å². The van der Waals surface area contributed by atoms with Crippen LogP contribution in [0.1, 0.15) is 51.9 Å². The lowest BCUT2D eigenvalue weighted by molar-refractivity contribution is -0.154. The van der Waals surface area contributed by atoms with Gasteiger partial charge in [0.05, 0.1) is 0 Å². The summed E-state index contributed by atoms with van der Waals surface area (Å²) in [4.78, 5) is 21.1. The number of allylic oxidation sites excluding steroid dienone is 2. The molecule has 0 fully saturated rings. The Hall–Kier alpha value is -1.32. The van der Waals surface area contributed by atoms with E-state index in [1.807, 2.05) is 6.08 Å². The molecule has 0 heterocycles.